The van der Waals surface area contributed by atoms with E-state index in [0.717, 1.165) is 0 Å². The second-order valence-electron chi connectivity index (χ2n) is 3.46. The molecular formula is C11H15ClN2O2S. The molecule has 0 saturated heterocycles. The first kappa shape index (κ1) is 14.2. The van der Waals surface area contributed by atoms with Crippen LogP contribution in [0.25, 0.3) is 0 Å². The van der Waals surface area contributed by atoms with Crippen molar-refractivity contribution in [2.45, 2.75) is 12.2 Å². The molecule has 0 spiro atoms. The number of rotatable bonds is 5. The van der Waals surface area contributed by atoms with Crippen LogP contribution in [0.1, 0.15) is 6.92 Å². The Bertz CT molecular complexity index is 401. The van der Waals surface area contributed by atoms with Gasteiger partial charge in [-0.1, -0.05) is 11.6 Å². The van der Waals surface area contributed by atoms with Gasteiger partial charge in [0.2, 0.25) is 5.91 Å². The summed E-state index contributed by atoms with van der Waals surface area (Å²) in [6, 6.07) is 4.92. The highest BCUT2D eigenvalue weighted by molar-refractivity contribution is 8.00. The number of thioether (sulfide) groups is 1. The van der Waals surface area contributed by atoms with Crippen LogP contribution in [0.5, 0.6) is 0 Å². The van der Waals surface area contributed by atoms with Crippen LogP contribution in [0, 0.1) is 0 Å². The van der Waals surface area contributed by atoms with Gasteiger partial charge >= 0.3 is 0 Å². The first-order valence-corrected chi connectivity index (χ1v) is 6.55. The molecule has 17 heavy (non-hydrogen) atoms. The Morgan fingerprint density at radius 3 is 2.94 bits per heavy atom. The van der Waals surface area contributed by atoms with Crippen molar-refractivity contribution >= 4 is 40.6 Å². The molecule has 4 nitrogen and oxygen atoms in total. The number of benzene rings is 1. The Morgan fingerprint density at radius 2 is 2.35 bits per heavy atom. The van der Waals surface area contributed by atoms with Crippen molar-refractivity contribution < 1.29 is 9.90 Å². The first-order chi connectivity index (χ1) is 8.04. The highest BCUT2D eigenvalue weighted by Gasteiger charge is 2.14. The van der Waals surface area contributed by atoms with Crippen LogP contribution in [-0.2, 0) is 4.79 Å². The van der Waals surface area contributed by atoms with Gasteiger partial charge in [-0.3, -0.25) is 4.79 Å². The van der Waals surface area contributed by atoms with Crippen LogP contribution >= 0.6 is 23.4 Å². The van der Waals surface area contributed by atoms with Crippen molar-refractivity contribution in [2.75, 3.05) is 23.4 Å². The quantitative estimate of drug-likeness (QED) is 0.718. The minimum Gasteiger partial charge on any atom is -0.397 e. The molecule has 0 heterocycles. The van der Waals surface area contributed by atoms with Gasteiger partial charge in [-0.25, -0.2) is 0 Å². The Kier molecular flexibility index (Phi) is 5.61. The summed E-state index contributed by atoms with van der Waals surface area (Å²) in [7, 11) is 0. The van der Waals surface area contributed by atoms with Crippen molar-refractivity contribution in [3.63, 3.8) is 0 Å². The van der Waals surface area contributed by atoms with E-state index in [9.17, 15) is 4.79 Å². The maximum Gasteiger partial charge on any atom is 0.237 e. The molecule has 1 atom stereocenters. The van der Waals surface area contributed by atoms with E-state index in [0.29, 0.717) is 22.2 Å². The topological polar surface area (TPSA) is 75.3 Å². The van der Waals surface area contributed by atoms with Gasteiger partial charge in [0.25, 0.3) is 0 Å². The number of carbonyl (C=O) groups is 1. The molecule has 0 aromatic heterocycles. The number of nitrogens with one attached hydrogen (secondary N) is 1. The summed E-state index contributed by atoms with van der Waals surface area (Å²) in [6.45, 7) is 1.84. The Labute approximate surface area is 110 Å². The molecule has 0 aliphatic carbocycles. The summed E-state index contributed by atoms with van der Waals surface area (Å²) >= 11 is 7.14. The van der Waals surface area contributed by atoms with E-state index < -0.39 is 0 Å². The smallest absolute Gasteiger partial charge is 0.237 e. The van der Waals surface area contributed by atoms with Gasteiger partial charge in [0, 0.05) is 10.8 Å². The second kappa shape index (κ2) is 6.74. The number of nitrogens with two attached hydrogens (primary N) is 1. The molecule has 0 aliphatic rings. The van der Waals surface area contributed by atoms with Crippen LogP contribution < -0.4 is 11.1 Å². The van der Waals surface area contributed by atoms with E-state index in [1.807, 2.05) is 0 Å². The fourth-order valence-electron chi connectivity index (χ4n) is 1.19. The number of halogens is 1. The van der Waals surface area contributed by atoms with Crippen molar-refractivity contribution in [1.29, 1.82) is 0 Å². The number of aliphatic hydroxyl groups excluding tert-OH is 1. The summed E-state index contributed by atoms with van der Waals surface area (Å²) in [6.07, 6.45) is 0. The number of amides is 1. The number of hydrogen-bond acceptors (Lipinski definition) is 4. The molecule has 0 bridgehead atoms. The standard InChI is InChI=1S/C11H15ClN2O2S/c1-7(17-5-4-15)11(16)14-10-3-2-8(12)6-9(10)13/h2-3,6-7,15H,4-5,13H2,1H3,(H,14,16). The lowest BCUT2D eigenvalue weighted by molar-refractivity contribution is -0.115. The largest absolute Gasteiger partial charge is 0.397 e. The summed E-state index contributed by atoms with van der Waals surface area (Å²) < 4.78 is 0. The molecule has 0 fully saturated rings. The molecule has 0 aliphatic heterocycles. The summed E-state index contributed by atoms with van der Waals surface area (Å²) in [4.78, 5) is 11.8. The lowest BCUT2D eigenvalue weighted by Gasteiger charge is -2.12. The predicted octanol–water partition coefficient (Wildman–Crippen LogP) is 1.97. The van der Waals surface area contributed by atoms with Crippen molar-refractivity contribution in [3.8, 4) is 0 Å². The molecular weight excluding hydrogens is 260 g/mol. The SMILES string of the molecule is CC(SCCO)C(=O)Nc1ccc(Cl)cc1N. The van der Waals surface area contributed by atoms with E-state index in [4.69, 9.17) is 22.4 Å². The molecule has 0 radical (unpaired) electrons. The number of carbonyl (C=O) groups excluding carboxylic acids is 1. The molecule has 0 saturated carbocycles. The zero-order chi connectivity index (χ0) is 12.8. The van der Waals surface area contributed by atoms with Crippen molar-refractivity contribution in [2.24, 2.45) is 0 Å². The molecule has 1 aromatic rings. The Hall–Kier alpha value is -0.910. The number of anilines is 2. The van der Waals surface area contributed by atoms with Crippen LogP contribution in [0.15, 0.2) is 18.2 Å². The molecule has 1 aromatic carbocycles. The number of hydrogen-bond donors (Lipinski definition) is 3. The minimum absolute atomic E-state index is 0.0609. The van der Waals surface area contributed by atoms with Gasteiger partial charge in [-0.2, -0.15) is 0 Å². The lowest BCUT2D eigenvalue weighted by atomic mass is 10.2. The Morgan fingerprint density at radius 1 is 1.65 bits per heavy atom. The maximum atomic E-state index is 11.8. The number of aliphatic hydroxyl groups is 1. The molecule has 94 valence electrons. The van der Waals surface area contributed by atoms with E-state index in [1.165, 1.54) is 11.8 Å². The van der Waals surface area contributed by atoms with Crippen LogP contribution in [0.4, 0.5) is 11.4 Å². The van der Waals surface area contributed by atoms with E-state index in [-0.39, 0.29) is 17.8 Å². The second-order valence-corrected chi connectivity index (χ2v) is 5.34. The highest BCUT2D eigenvalue weighted by atomic mass is 35.5. The first-order valence-electron chi connectivity index (χ1n) is 5.13. The predicted molar refractivity (Wildman–Crippen MR) is 73.5 cm³/mol. The Balaban J connectivity index is 2.61. The van der Waals surface area contributed by atoms with E-state index in [2.05, 4.69) is 5.32 Å². The van der Waals surface area contributed by atoms with E-state index in [1.54, 1.807) is 25.1 Å². The molecule has 1 rings (SSSR count). The minimum atomic E-state index is -0.239. The average molecular weight is 275 g/mol. The maximum absolute atomic E-state index is 11.8. The van der Waals surface area contributed by atoms with Gasteiger partial charge in [0.1, 0.15) is 0 Å². The molecule has 1 unspecified atom stereocenters. The fourth-order valence-corrected chi connectivity index (χ4v) is 2.04. The zero-order valence-electron chi connectivity index (χ0n) is 9.44. The molecule has 1 amide bonds. The van der Waals surface area contributed by atoms with Gasteiger partial charge in [0.15, 0.2) is 0 Å². The number of nitrogen functional groups attached to an aromatic ring is 1. The summed E-state index contributed by atoms with van der Waals surface area (Å²) in [5.41, 5.74) is 6.71. The monoisotopic (exact) mass is 274 g/mol. The third kappa shape index (κ3) is 4.46. The molecule has 6 heteroatoms. The van der Waals surface area contributed by atoms with Crippen LogP contribution in [0.2, 0.25) is 5.02 Å². The van der Waals surface area contributed by atoms with Crippen LogP contribution in [0.3, 0.4) is 0 Å². The van der Waals surface area contributed by atoms with Gasteiger partial charge in [-0.15, -0.1) is 11.8 Å². The fraction of sp³-hybridized carbons (Fsp3) is 0.364. The van der Waals surface area contributed by atoms with Gasteiger partial charge in [0.05, 0.1) is 23.2 Å². The molecule has 4 N–H and O–H groups in total. The lowest BCUT2D eigenvalue weighted by Crippen LogP contribution is -2.23. The van der Waals surface area contributed by atoms with Gasteiger partial charge in [-0.05, 0) is 25.1 Å². The zero-order valence-corrected chi connectivity index (χ0v) is 11.0. The van der Waals surface area contributed by atoms with Gasteiger partial charge < -0.3 is 16.2 Å². The normalized spacial score (nSPS) is 12.2. The third-order valence-electron chi connectivity index (χ3n) is 2.10. The van der Waals surface area contributed by atoms with Crippen LogP contribution in [-0.4, -0.2) is 28.6 Å². The van der Waals surface area contributed by atoms with Crippen molar-refractivity contribution in [1.82, 2.24) is 0 Å². The van der Waals surface area contributed by atoms with Crippen molar-refractivity contribution in [3.05, 3.63) is 23.2 Å². The summed E-state index contributed by atoms with van der Waals surface area (Å²) in [5, 5.41) is 11.7. The van der Waals surface area contributed by atoms with E-state index >= 15 is 0 Å². The third-order valence-corrected chi connectivity index (χ3v) is 3.47. The highest BCUT2D eigenvalue weighted by Crippen LogP contribution is 2.23. The summed E-state index contributed by atoms with van der Waals surface area (Å²) in [5.74, 6) is 0.391. The average Bonchev–Trinajstić information content (AvgIpc) is 2.29.